The van der Waals surface area contributed by atoms with Gasteiger partial charge in [-0.05, 0) is 56.3 Å². The van der Waals surface area contributed by atoms with Crippen LogP contribution in [0.2, 0.25) is 0 Å². The van der Waals surface area contributed by atoms with Crippen LogP contribution in [0.25, 0.3) is 0 Å². The first-order chi connectivity index (χ1) is 10.5. The molecule has 126 valence electrons. The molecule has 2 bridgehead atoms. The van der Waals surface area contributed by atoms with Crippen LogP contribution in [0.4, 0.5) is 0 Å². The summed E-state index contributed by atoms with van der Waals surface area (Å²) >= 11 is 0. The zero-order valence-electron chi connectivity index (χ0n) is 14.3. The largest absolute Gasteiger partial charge is 0.463 e. The molecule has 0 aromatic heterocycles. The lowest BCUT2D eigenvalue weighted by atomic mass is 9.69. The second-order valence-corrected chi connectivity index (χ2v) is 7.73. The maximum absolute atomic E-state index is 12.6. The van der Waals surface area contributed by atoms with Gasteiger partial charge in [0, 0.05) is 13.0 Å². The van der Waals surface area contributed by atoms with E-state index in [0.717, 1.165) is 25.9 Å². The van der Waals surface area contributed by atoms with Gasteiger partial charge in [0.15, 0.2) is 6.29 Å². The highest BCUT2D eigenvalue weighted by Crippen LogP contribution is 2.58. The SMILES string of the molecule is CC(C)OC(=O)C1C2CC(C(C)C2C)C1COC1CCCO1. The second-order valence-electron chi connectivity index (χ2n) is 7.73. The molecule has 3 rings (SSSR count). The smallest absolute Gasteiger partial charge is 0.309 e. The first-order valence-corrected chi connectivity index (χ1v) is 8.92. The molecule has 1 saturated heterocycles. The van der Waals surface area contributed by atoms with Crippen LogP contribution in [0.5, 0.6) is 0 Å². The van der Waals surface area contributed by atoms with E-state index in [4.69, 9.17) is 14.2 Å². The number of esters is 1. The molecule has 2 saturated carbocycles. The Hall–Kier alpha value is -0.610. The van der Waals surface area contributed by atoms with Gasteiger partial charge in [0.1, 0.15) is 0 Å². The predicted octanol–water partition coefficient (Wildman–Crippen LogP) is 3.25. The third-order valence-electron chi connectivity index (χ3n) is 6.18. The third kappa shape index (κ3) is 2.92. The van der Waals surface area contributed by atoms with Crippen molar-refractivity contribution in [3.05, 3.63) is 0 Å². The van der Waals surface area contributed by atoms with Crippen molar-refractivity contribution in [2.75, 3.05) is 13.2 Å². The van der Waals surface area contributed by atoms with Crippen molar-refractivity contribution in [2.45, 2.75) is 59.4 Å². The average Bonchev–Trinajstić information content (AvgIpc) is 3.14. The summed E-state index contributed by atoms with van der Waals surface area (Å²) in [7, 11) is 0. The molecule has 22 heavy (non-hydrogen) atoms. The number of hydrogen-bond donors (Lipinski definition) is 0. The van der Waals surface area contributed by atoms with Gasteiger partial charge >= 0.3 is 5.97 Å². The molecule has 1 aliphatic heterocycles. The van der Waals surface area contributed by atoms with Gasteiger partial charge in [-0.2, -0.15) is 0 Å². The lowest BCUT2D eigenvalue weighted by Crippen LogP contribution is -2.41. The summed E-state index contributed by atoms with van der Waals surface area (Å²) < 4.78 is 17.1. The molecule has 4 nitrogen and oxygen atoms in total. The minimum absolute atomic E-state index is 0.0119. The molecule has 0 radical (unpaired) electrons. The molecular weight excluding hydrogens is 280 g/mol. The first-order valence-electron chi connectivity index (χ1n) is 8.92. The Morgan fingerprint density at radius 3 is 2.59 bits per heavy atom. The summed E-state index contributed by atoms with van der Waals surface area (Å²) in [6.45, 7) is 9.92. The van der Waals surface area contributed by atoms with Gasteiger partial charge in [-0.15, -0.1) is 0 Å². The van der Waals surface area contributed by atoms with Crippen LogP contribution in [0, 0.1) is 35.5 Å². The topological polar surface area (TPSA) is 44.8 Å². The molecular formula is C18H30O4. The normalized spacial score (nSPS) is 44.0. The monoisotopic (exact) mass is 310 g/mol. The first kappa shape index (κ1) is 16.3. The van der Waals surface area contributed by atoms with E-state index in [1.54, 1.807) is 0 Å². The summed E-state index contributed by atoms with van der Waals surface area (Å²) in [5, 5.41) is 0. The van der Waals surface area contributed by atoms with Crippen molar-refractivity contribution in [3.63, 3.8) is 0 Å². The van der Waals surface area contributed by atoms with E-state index < -0.39 is 0 Å². The third-order valence-corrected chi connectivity index (χ3v) is 6.18. The number of ether oxygens (including phenoxy) is 3. The highest BCUT2D eigenvalue weighted by atomic mass is 16.7. The number of hydrogen-bond acceptors (Lipinski definition) is 4. The van der Waals surface area contributed by atoms with Gasteiger partial charge in [-0.25, -0.2) is 0 Å². The van der Waals surface area contributed by atoms with Gasteiger partial charge in [0.05, 0.1) is 18.6 Å². The molecule has 0 amide bonds. The van der Waals surface area contributed by atoms with Gasteiger partial charge in [-0.1, -0.05) is 13.8 Å². The zero-order valence-corrected chi connectivity index (χ0v) is 14.3. The Bertz CT molecular complexity index is 402. The van der Waals surface area contributed by atoms with Gasteiger partial charge in [0.2, 0.25) is 0 Å². The Morgan fingerprint density at radius 2 is 1.95 bits per heavy atom. The summed E-state index contributed by atoms with van der Waals surface area (Å²) in [5.41, 5.74) is 0. The van der Waals surface area contributed by atoms with E-state index in [0.29, 0.717) is 36.2 Å². The Labute approximate surface area is 133 Å². The van der Waals surface area contributed by atoms with Crippen LogP contribution in [0.3, 0.4) is 0 Å². The van der Waals surface area contributed by atoms with E-state index in [1.807, 2.05) is 13.8 Å². The Balaban J connectivity index is 1.68. The molecule has 2 aliphatic carbocycles. The molecule has 0 aromatic rings. The van der Waals surface area contributed by atoms with Crippen molar-refractivity contribution >= 4 is 5.97 Å². The van der Waals surface area contributed by atoms with Crippen molar-refractivity contribution in [2.24, 2.45) is 35.5 Å². The fraction of sp³-hybridized carbons (Fsp3) is 0.944. The van der Waals surface area contributed by atoms with Crippen molar-refractivity contribution in [3.8, 4) is 0 Å². The minimum Gasteiger partial charge on any atom is -0.463 e. The van der Waals surface area contributed by atoms with Crippen LogP contribution >= 0.6 is 0 Å². The Morgan fingerprint density at radius 1 is 1.23 bits per heavy atom. The number of fused-ring (bicyclic) bond motifs is 2. The molecule has 0 N–H and O–H groups in total. The van der Waals surface area contributed by atoms with E-state index in [1.165, 1.54) is 0 Å². The van der Waals surface area contributed by atoms with Crippen LogP contribution < -0.4 is 0 Å². The Kier molecular flexibility index (Phi) is 4.79. The molecule has 4 heteroatoms. The second kappa shape index (κ2) is 6.48. The molecule has 7 atom stereocenters. The fourth-order valence-electron chi connectivity index (χ4n) is 4.93. The molecule has 3 aliphatic rings. The van der Waals surface area contributed by atoms with Crippen LogP contribution in [0.1, 0.15) is 47.0 Å². The van der Waals surface area contributed by atoms with Gasteiger partial charge < -0.3 is 14.2 Å². The maximum Gasteiger partial charge on any atom is 0.309 e. The highest BCUT2D eigenvalue weighted by Gasteiger charge is 2.58. The van der Waals surface area contributed by atoms with E-state index in [9.17, 15) is 4.79 Å². The number of carbonyl (C=O) groups excluding carboxylic acids is 1. The van der Waals surface area contributed by atoms with E-state index in [2.05, 4.69) is 13.8 Å². The van der Waals surface area contributed by atoms with E-state index in [-0.39, 0.29) is 24.3 Å². The highest BCUT2D eigenvalue weighted by molar-refractivity contribution is 5.74. The number of carbonyl (C=O) groups is 1. The lowest BCUT2D eigenvalue weighted by molar-refractivity contribution is -0.165. The van der Waals surface area contributed by atoms with Gasteiger partial charge in [0.25, 0.3) is 0 Å². The quantitative estimate of drug-likeness (QED) is 0.731. The van der Waals surface area contributed by atoms with Crippen LogP contribution in [0.15, 0.2) is 0 Å². The lowest BCUT2D eigenvalue weighted by Gasteiger charge is -2.37. The fourth-order valence-corrected chi connectivity index (χ4v) is 4.93. The van der Waals surface area contributed by atoms with Crippen molar-refractivity contribution < 1.29 is 19.0 Å². The van der Waals surface area contributed by atoms with Crippen LogP contribution in [-0.4, -0.2) is 31.6 Å². The molecule has 0 aromatic carbocycles. The summed E-state index contributed by atoms with van der Waals surface area (Å²) in [5.74, 6) is 2.63. The molecule has 7 unspecified atom stereocenters. The summed E-state index contributed by atoms with van der Waals surface area (Å²) in [6, 6.07) is 0. The molecule has 1 heterocycles. The average molecular weight is 310 g/mol. The van der Waals surface area contributed by atoms with Gasteiger partial charge in [-0.3, -0.25) is 4.79 Å². The molecule has 0 spiro atoms. The van der Waals surface area contributed by atoms with E-state index >= 15 is 0 Å². The van der Waals surface area contributed by atoms with Crippen LogP contribution in [-0.2, 0) is 19.0 Å². The summed E-state index contributed by atoms with van der Waals surface area (Å²) in [6.07, 6.45) is 3.11. The summed E-state index contributed by atoms with van der Waals surface area (Å²) in [4.78, 5) is 12.6. The maximum atomic E-state index is 12.6. The zero-order chi connectivity index (χ0) is 15.9. The minimum atomic E-state index is -0.0615. The number of rotatable bonds is 5. The van der Waals surface area contributed by atoms with Crippen molar-refractivity contribution in [1.82, 2.24) is 0 Å². The van der Waals surface area contributed by atoms with Crippen molar-refractivity contribution in [1.29, 1.82) is 0 Å². The molecule has 3 fully saturated rings. The predicted molar refractivity (Wildman–Crippen MR) is 83.1 cm³/mol. The standard InChI is InChI=1S/C18H30O4/c1-10(2)22-18(19)17-14-8-13(11(3)12(14)4)15(17)9-21-16-6-5-7-20-16/h10-17H,5-9H2,1-4H3.